The van der Waals surface area contributed by atoms with Gasteiger partial charge < -0.3 is 19.9 Å². The normalized spacial score (nSPS) is 12.3. The summed E-state index contributed by atoms with van der Waals surface area (Å²) >= 11 is 0. The fraction of sp³-hybridized carbons (Fsp3) is 0.250. The Bertz CT molecular complexity index is 635. The number of nitrogens with zero attached hydrogens (tertiary/aromatic N) is 2. The summed E-state index contributed by atoms with van der Waals surface area (Å²) in [6, 6.07) is 4.08. The van der Waals surface area contributed by atoms with E-state index in [-0.39, 0.29) is 5.69 Å². The van der Waals surface area contributed by atoms with E-state index in [1.807, 2.05) is 19.1 Å². The maximum atomic E-state index is 11.8. The highest BCUT2D eigenvalue weighted by Crippen LogP contribution is 2.08. The molecule has 0 aliphatic carbocycles. The second-order valence-electron chi connectivity index (χ2n) is 4.07. The molecule has 7 heteroatoms. The summed E-state index contributed by atoms with van der Waals surface area (Å²) in [5, 5.41) is 19.8. The molecule has 100 valence electrons. The minimum Gasteiger partial charge on any atom is -0.480 e. The first-order valence-electron chi connectivity index (χ1n) is 5.62. The number of hydrogen-bond donors (Lipinski definition) is 3. The number of aliphatic hydroxyl groups is 1. The molecule has 0 fully saturated rings. The van der Waals surface area contributed by atoms with Crippen molar-refractivity contribution in [1.29, 1.82) is 0 Å². The van der Waals surface area contributed by atoms with Crippen LogP contribution in [0.25, 0.3) is 5.65 Å². The zero-order valence-corrected chi connectivity index (χ0v) is 10.2. The molecule has 0 aliphatic rings. The fourth-order valence-corrected chi connectivity index (χ4v) is 1.68. The van der Waals surface area contributed by atoms with Crippen molar-refractivity contribution in [3.05, 3.63) is 35.8 Å². The Morgan fingerprint density at radius 1 is 1.47 bits per heavy atom. The van der Waals surface area contributed by atoms with Gasteiger partial charge in [0.25, 0.3) is 5.91 Å². The fourth-order valence-electron chi connectivity index (χ4n) is 1.68. The first-order chi connectivity index (χ1) is 9.02. The molecule has 19 heavy (non-hydrogen) atoms. The van der Waals surface area contributed by atoms with Crippen molar-refractivity contribution in [2.45, 2.75) is 13.0 Å². The molecule has 2 aromatic rings. The van der Waals surface area contributed by atoms with E-state index >= 15 is 0 Å². The van der Waals surface area contributed by atoms with Crippen molar-refractivity contribution >= 4 is 17.5 Å². The highest BCUT2D eigenvalue weighted by Gasteiger charge is 2.21. The predicted molar refractivity (Wildman–Crippen MR) is 65.9 cm³/mol. The summed E-state index contributed by atoms with van der Waals surface area (Å²) in [7, 11) is 0. The molecule has 2 aromatic heterocycles. The Balaban J connectivity index is 2.27. The van der Waals surface area contributed by atoms with Crippen LogP contribution < -0.4 is 5.32 Å². The summed E-state index contributed by atoms with van der Waals surface area (Å²) in [4.78, 5) is 26.7. The van der Waals surface area contributed by atoms with Crippen LogP contribution in [-0.4, -0.2) is 44.1 Å². The minimum absolute atomic E-state index is 0.106. The van der Waals surface area contributed by atoms with Gasteiger partial charge in [-0.1, -0.05) is 6.07 Å². The van der Waals surface area contributed by atoms with Gasteiger partial charge in [0.15, 0.2) is 6.04 Å². The van der Waals surface area contributed by atoms with Crippen LogP contribution >= 0.6 is 0 Å². The van der Waals surface area contributed by atoms with E-state index in [0.717, 1.165) is 5.69 Å². The Labute approximate surface area is 108 Å². The largest absolute Gasteiger partial charge is 0.480 e. The van der Waals surface area contributed by atoms with Crippen molar-refractivity contribution in [2.75, 3.05) is 6.61 Å². The van der Waals surface area contributed by atoms with Gasteiger partial charge in [-0.15, -0.1) is 0 Å². The summed E-state index contributed by atoms with van der Waals surface area (Å²) in [6.45, 7) is 1.19. The molecule has 2 rings (SSSR count). The van der Waals surface area contributed by atoms with Crippen LogP contribution in [0.5, 0.6) is 0 Å². The third kappa shape index (κ3) is 2.55. The van der Waals surface area contributed by atoms with Crippen molar-refractivity contribution in [2.24, 2.45) is 0 Å². The Morgan fingerprint density at radius 2 is 2.21 bits per heavy atom. The van der Waals surface area contributed by atoms with Crippen LogP contribution in [0.2, 0.25) is 0 Å². The number of carboxylic acids is 1. The lowest BCUT2D eigenvalue weighted by atomic mass is 10.3. The molecule has 3 N–H and O–H groups in total. The molecule has 0 aromatic carbocycles. The first-order valence-corrected chi connectivity index (χ1v) is 5.62. The molecule has 0 aliphatic heterocycles. The lowest BCUT2D eigenvalue weighted by Gasteiger charge is -2.09. The van der Waals surface area contributed by atoms with Crippen LogP contribution in [0.4, 0.5) is 0 Å². The zero-order valence-electron chi connectivity index (χ0n) is 10.2. The first kappa shape index (κ1) is 13.0. The molecule has 0 unspecified atom stereocenters. The second-order valence-corrected chi connectivity index (χ2v) is 4.07. The van der Waals surface area contributed by atoms with Crippen molar-refractivity contribution in [3.8, 4) is 0 Å². The van der Waals surface area contributed by atoms with Gasteiger partial charge >= 0.3 is 5.97 Å². The topological polar surface area (TPSA) is 104 Å². The third-order valence-corrected chi connectivity index (χ3v) is 2.71. The van der Waals surface area contributed by atoms with Gasteiger partial charge in [0.05, 0.1) is 6.61 Å². The number of pyridine rings is 1. The summed E-state index contributed by atoms with van der Waals surface area (Å²) in [5.74, 6) is -1.93. The number of fused-ring (bicyclic) bond motifs is 1. The number of aliphatic hydroxyl groups excluding tert-OH is 1. The molecule has 0 saturated carbocycles. The molecule has 7 nitrogen and oxygen atoms in total. The van der Waals surface area contributed by atoms with E-state index in [1.165, 1.54) is 6.20 Å². The average molecular weight is 263 g/mol. The molecule has 2 heterocycles. The maximum Gasteiger partial charge on any atom is 0.328 e. The van der Waals surface area contributed by atoms with E-state index in [4.69, 9.17) is 10.2 Å². The molecule has 0 radical (unpaired) electrons. The van der Waals surface area contributed by atoms with Crippen LogP contribution in [0.15, 0.2) is 24.4 Å². The van der Waals surface area contributed by atoms with E-state index in [0.29, 0.717) is 5.65 Å². The molecule has 1 amide bonds. The lowest BCUT2D eigenvalue weighted by molar-refractivity contribution is -0.140. The summed E-state index contributed by atoms with van der Waals surface area (Å²) in [6.07, 6.45) is 1.52. The van der Waals surface area contributed by atoms with E-state index in [9.17, 15) is 9.59 Å². The molecule has 0 saturated heterocycles. The predicted octanol–water partition coefficient (Wildman–Crippen LogP) is -0.182. The quantitative estimate of drug-likeness (QED) is 0.709. The number of carboxylic acid groups (broad SMARTS) is 1. The number of carbonyl (C=O) groups is 2. The van der Waals surface area contributed by atoms with Gasteiger partial charge in [-0.25, -0.2) is 9.78 Å². The number of amides is 1. The van der Waals surface area contributed by atoms with Crippen molar-refractivity contribution in [3.63, 3.8) is 0 Å². The highest BCUT2D eigenvalue weighted by molar-refractivity contribution is 5.95. The number of carbonyl (C=O) groups excluding carboxylic acids is 1. The van der Waals surface area contributed by atoms with E-state index < -0.39 is 24.5 Å². The van der Waals surface area contributed by atoms with Crippen LogP contribution in [0, 0.1) is 6.92 Å². The highest BCUT2D eigenvalue weighted by atomic mass is 16.4. The van der Waals surface area contributed by atoms with Crippen LogP contribution in [0.1, 0.15) is 16.2 Å². The van der Waals surface area contributed by atoms with Crippen LogP contribution in [-0.2, 0) is 4.79 Å². The van der Waals surface area contributed by atoms with E-state index in [2.05, 4.69) is 10.3 Å². The second kappa shape index (κ2) is 5.07. The van der Waals surface area contributed by atoms with Gasteiger partial charge in [-0.05, 0) is 19.1 Å². The third-order valence-electron chi connectivity index (χ3n) is 2.71. The Kier molecular flexibility index (Phi) is 3.48. The number of rotatable bonds is 4. The number of aromatic nitrogens is 2. The zero-order chi connectivity index (χ0) is 14.0. The van der Waals surface area contributed by atoms with Gasteiger partial charge in [0.1, 0.15) is 11.3 Å². The molecular weight excluding hydrogens is 250 g/mol. The molecule has 1 atom stereocenters. The Hall–Kier alpha value is -2.41. The van der Waals surface area contributed by atoms with Crippen molar-refractivity contribution < 1.29 is 19.8 Å². The summed E-state index contributed by atoms with van der Waals surface area (Å²) in [5.41, 5.74) is 1.61. The minimum atomic E-state index is -1.33. The number of hydrogen-bond acceptors (Lipinski definition) is 4. The van der Waals surface area contributed by atoms with Crippen LogP contribution in [0.3, 0.4) is 0 Å². The molecular formula is C12H13N3O4. The standard InChI is InChI=1S/C12H13N3O4/c1-7-3-2-4-10-13-8(5-15(7)10)11(17)14-9(6-16)12(18)19/h2-5,9,16H,6H2,1H3,(H,14,17)(H,18,19)/t9-/m0/s1. The van der Waals surface area contributed by atoms with Crippen molar-refractivity contribution in [1.82, 2.24) is 14.7 Å². The SMILES string of the molecule is Cc1cccc2nc(C(=O)N[C@@H](CO)C(=O)O)cn12. The van der Waals surface area contributed by atoms with Gasteiger partial charge in [0, 0.05) is 11.9 Å². The van der Waals surface area contributed by atoms with Gasteiger partial charge in [-0.2, -0.15) is 0 Å². The maximum absolute atomic E-state index is 11.8. The average Bonchev–Trinajstić information content (AvgIpc) is 2.80. The summed E-state index contributed by atoms with van der Waals surface area (Å²) < 4.78 is 1.73. The molecule has 0 spiro atoms. The monoisotopic (exact) mass is 263 g/mol. The number of aliphatic carboxylic acids is 1. The number of aryl methyl sites for hydroxylation is 1. The smallest absolute Gasteiger partial charge is 0.328 e. The number of imidazole rings is 1. The Morgan fingerprint density at radius 3 is 2.79 bits per heavy atom. The van der Waals surface area contributed by atoms with Gasteiger partial charge in [0.2, 0.25) is 0 Å². The molecule has 0 bridgehead atoms. The lowest BCUT2D eigenvalue weighted by Crippen LogP contribution is -2.43. The number of nitrogens with one attached hydrogen (secondary N) is 1. The van der Waals surface area contributed by atoms with E-state index in [1.54, 1.807) is 10.5 Å². The van der Waals surface area contributed by atoms with Gasteiger partial charge in [-0.3, -0.25) is 4.79 Å².